The molecule has 2 rings (SSSR count). The van der Waals surface area contributed by atoms with E-state index < -0.39 is 87.0 Å². The van der Waals surface area contributed by atoms with Crippen molar-refractivity contribution in [2.75, 3.05) is 33.5 Å². The van der Waals surface area contributed by atoms with Crippen molar-refractivity contribution >= 4 is 32.4 Å². The van der Waals surface area contributed by atoms with Gasteiger partial charge in [0.15, 0.2) is 19.9 Å². The van der Waals surface area contributed by atoms with Crippen LogP contribution in [0, 0.1) is 5.41 Å². The summed E-state index contributed by atoms with van der Waals surface area (Å²) in [5, 5.41) is 33.8. The minimum Gasteiger partial charge on any atom is -0.467 e. The van der Waals surface area contributed by atoms with Gasteiger partial charge in [-0.25, -0.2) is 19.2 Å². The maximum absolute atomic E-state index is 14.0. The third kappa shape index (κ3) is 10.6. The van der Waals surface area contributed by atoms with Gasteiger partial charge in [-0.3, -0.25) is 4.90 Å². The molecule has 1 aromatic rings. The number of nitrogens with one attached hydrogen (secondary N) is 1. The second-order valence-corrected chi connectivity index (χ2v) is 20.2. The van der Waals surface area contributed by atoms with Crippen molar-refractivity contribution in [3.63, 3.8) is 0 Å². The maximum Gasteiger partial charge on any atom is 0.411 e. The molecule has 278 valence electrons. The molecular formula is C34H56N2O12Si. The van der Waals surface area contributed by atoms with Crippen LogP contribution in [-0.4, -0.2) is 116 Å². The van der Waals surface area contributed by atoms with Gasteiger partial charge in [0.05, 0.1) is 33.0 Å². The summed E-state index contributed by atoms with van der Waals surface area (Å²) in [6.07, 6.45) is -4.30. The number of carbonyl (C=O) groups is 4. The second-order valence-electron chi connectivity index (χ2n) is 15.4. The molecule has 0 unspecified atom stereocenters. The monoisotopic (exact) mass is 712 g/mol. The highest BCUT2D eigenvalue weighted by atomic mass is 28.4. The van der Waals surface area contributed by atoms with Crippen LogP contribution in [0.2, 0.25) is 18.1 Å². The summed E-state index contributed by atoms with van der Waals surface area (Å²) in [4.78, 5) is 55.8. The average Bonchev–Trinajstić information content (AvgIpc) is 3.43. The second kappa shape index (κ2) is 16.6. The van der Waals surface area contributed by atoms with E-state index in [2.05, 4.69) is 26.1 Å². The molecule has 0 bridgehead atoms. The fraction of sp³-hybridized carbons (Fsp3) is 0.706. The Morgan fingerprint density at radius 3 is 2.10 bits per heavy atom. The predicted octanol–water partition coefficient (Wildman–Crippen LogP) is 3.51. The van der Waals surface area contributed by atoms with Crippen LogP contribution in [-0.2, 0) is 39.6 Å². The van der Waals surface area contributed by atoms with Crippen LogP contribution >= 0.6 is 0 Å². The van der Waals surface area contributed by atoms with Gasteiger partial charge < -0.3 is 44.0 Å². The number of alkyl carbamates (subject to hydrolysis) is 1. The molecule has 4 atom stereocenters. The van der Waals surface area contributed by atoms with Crippen LogP contribution in [0.3, 0.4) is 0 Å². The Kier molecular flexibility index (Phi) is 14.2. The van der Waals surface area contributed by atoms with Gasteiger partial charge >= 0.3 is 24.1 Å². The average molecular weight is 713 g/mol. The number of nitrogens with zero attached hydrogens (tertiary/aromatic N) is 1. The summed E-state index contributed by atoms with van der Waals surface area (Å²) in [6.45, 7) is 14.8. The van der Waals surface area contributed by atoms with E-state index in [9.17, 15) is 34.5 Å². The minimum atomic E-state index is -2.37. The molecule has 0 spiro atoms. The highest BCUT2D eigenvalue weighted by molar-refractivity contribution is 6.74. The number of amides is 2. The summed E-state index contributed by atoms with van der Waals surface area (Å²) >= 11 is 0. The smallest absolute Gasteiger partial charge is 0.411 e. The number of methoxy groups -OCH3 is 1. The summed E-state index contributed by atoms with van der Waals surface area (Å²) in [5.41, 5.74) is -3.90. The normalized spacial score (nSPS) is 19.9. The number of benzene rings is 1. The molecule has 49 heavy (non-hydrogen) atoms. The Morgan fingerprint density at radius 2 is 1.59 bits per heavy atom. The predicted molar refractivity (Wildman–Crippen MR) is 182 cm³/mol. The molecular weight excluding hydrogens is 656 g/mol. The molecule has 14 nitrogen and oxygen atoms in total. The molecule has 1 saturated heterocycles. The van der Waals surface area contributed by atoms with E-state index in [4.69, 9.17) is 23.4 Å². The first kappa shape index (κ1) is 41.9. The van der Waals surface area contributed by atoms with Gasteiger partial charge in [0.2, 0.25) is 0 Å². The fourth-order valence-corrected chi connectivity index (χ4v) is 6.00. The van der Waals surface area contributed by atoms with E-state index in [0.29, 0.717) is 5.56 Å². The standard InChI is InChI=1S/C34H56N2O12Si/c1-31(2,3)48-30(43)36-24(19-47-49(9,10)32(4,5)6)16-17-34(36,28(41)44-8)26(39)25(27(40)46-22-33(7,20-37)21-38)35-29(42)45-18-23-14-12-11-13-15-23/h11-15,24-26,37-39H,16-22H2,1-10H3,(H,35,42)/t24-,25-,26-,34-/m1/s1. The fourth-order valence-electron chi connectivity index (χ4n) is 4.96. The Hall–Kier alpha value is -3.24. The molecule has 1 aliphatic rings. The number of hydrogen-bond acceptors (Lipinski definition) is 12. The largest absolute Gasteiger partial charge is 0.467 e. The van der Waals surface area contributed by atoms with Crippen LogP contribution in [0.1, 0.15) is 66.9 Å². The molecule has 2 amide bonds. The van der Waals surface area contributed by atoms with Gasteiger partial charge in [-0.15, -0.1) is 0 Å². The molecule has 1 heterocycles. The third-order valence-electron chi connectivity index (χ3n) is 9.10. The Bertz CT molecular complexity index is 1280. The summed E-state index contributed by atoms with van der Waals surface area (Å²) in [6, 6.07) is 5.92. The van der Waals surface area contributed by atoms with Crippen LogP contribution in [0.15, 0.2) is 30.3 Å². The number of aliphatic hydroxyl groups excluding tert-OH is 3. The molecule has 0 aliphatic carbocycles. The van der Waals surface area contributed by atoms with Crippen LogP contribution in [0.25, 0.3) is 0 Å². The van der Waals surface area contributed by atoms with Gasteiger partial charge in [0, 0.05) is 5.41 Å². The van der Waals surface area contributed by atoms with E-state index >= 15 is 0 Å². The van der Waals surface area contributed by atoms with Crippen molar-refractivity contribution in [3.8, 4) is 0 Å². The van der Waals surface area contributed by atoms with Crippen molar-refractivity contribution in [1.82, 2.24) is 10.2 Å². The van der Waals surface area contributed by atoms with Crippen LogP contribution in [0.4, 0.5) is 9.59 Å². The van der Waals surface area contributed by atoms with E-state index in [1.807, 2.05) is 13.1 Å². The van der Waals surface area contributed by atoms with Crippen molar-refractivity contribution in [1.29, 1.82) is 0 Å². The number of ether oxygens (including phenoxy) is 4. The molecule has 1 aliphatic heterocycles. The lowest BCUT2D eigenvalue weighted by molar-refractivity contribution is -0.170. The molecule has 1 aromatic carbocycles. The molecule has 0 saturated carbocycles. The molecule has 4 N–H and O–H groups in total. The van der Waals surface area contributed by atoms with E-state index in [1.165, 1.54) is 6.92 Å². The topological polar surface area (TPSA) is 190 Å². The Labute approximate surface area is 290 Å². The van der Waals surface area contributed by atoms with E-state index in [1.54, 1.807) is 51.1 Å². The number of carbonyl (C=O) groups excluding carboxylic acids is 4. The van der Waals surface area contributed by atoms with E-state index in [-0.39, 0.29) is 31.1 Å². The number of aliphatic hydroxyl groups is 3. The Morgan fingerprint density at radius 1 is 1.00 bits per heavy atom. The van der Waals surface area contributed by atoms with Crippen molar-refractivity contribution in [2.24, 2.45) is 5.41 Å². The van der Waals surface area contributed by atoms with E-state index in [0.717, 1.165) is 12.0 Å². The number of likely N-dealkylation sites (tertiary alicyclic amines) is 1. The zero-order valence-electron chi connectivity index (χ0n) is 30.5. The SMILES string of the molecule is COC(=O)[C@]1([C@H](O)[C@@H](NC(=O)OCc2ccccc2)C(=O)OCC(C)(CO)CO)CC[C@H](CO[Si](C)(C)C(C)(C)C)N1C(=O)OC(C)(C)C. The van der Waals surface area contributed by atoms with Gasteiger partial charge in [-0.05, 0) is 57.3 Å². The third-order valence-corrected chi connectivity index (χ3v) is 13.6. The maximum atomic E-state index is 14.0. The highest BCUT2D eigenvalue weighted by Crippen LogP contribution is 2.42. The number of rotatable bonds is 14. The Balaban J connectivity index is 2.62. The zero-order chi connectivity index (χ0) is 37.4. The minimum absolute atomic E-state index is 0.00574. The van der Waals surface area contributed by atoms with Crippen molar-refractivity contribution in [2.45, 2.75) is 115 Å². The van der Waals surface area contributed by atoms with Gasteiger partial charge in [-0.1, -0.05) is 58.0 Å². The molecule has 1 fully saturated rings. The quantitative estimate of drug-likeness (QED) is 0.125. The molecule has 0 aromatic heterocycles. The van der Waals surface area contributed by atoms with Gasteiger partial charge in [-0.2, -0.15) is 0 Å². The summed E-state index contributed by atoms with van der Waals surface area (Å²) in [5.74, 6) is -2.28. The van der Waals surface area contributed by atoms with Gasteiger partial charge in [0.1, 0.15) is 24.9 Å². The zero-order valence-corrected chi connectivity index (χ0v) is 31.5. The summed E-state index contributed by atoms with van der Waals surface area (Å²) in [7, 11) is -1.30. The number of hydrogen-bond donors (Lipinski definition) is 4. The first-order chi connectivity index (χ1) is 22.6. The molecule has 15 heteroatoms. The number of esters is 2. The first-order valence-electron chi connectivity index (χ1n) is 16.4. The lowest BCUT2D eigenvalue weighted by Crippen LogP contribution is -2.69. The lowest BCUT2D eigenvalue weighted by atomic mass is 9.84. The van der Waals surface area contributed by atoms with Crippen molar-refractivity contribution in [3.05, 3.63) is 35.9 Å². The highest BCUT2D eigenvalue weighted by Gasteiger charge is 2.63. The first-order valence-corrected chi connectivity index (χ1v) is 19.3. The lowest BCUT2D eigenvalue weighted by Gasteiger charge is -2.44. The van der Waals surface area contributed by atoms with Gasteiger partial charge in [0.25, 0.3) is 0 Å². The molecule has 0 radical (unpaired) electrons. The van der Waals surface area contributed by atoms with Crippen LogP contribution < -0.4 is 5.32 Å². The van der Waals surface area contributed by atoms with Crippen molar-refractivity contribution < 1.29 is 57.9 Å². The summed E-state index contributed by atoms with van der Waals surface area (Å²) < 4.78 is 28.0. The van der Waals surface area contributed by atoms with Crippen LogP contribution in [0.5, 0.6) is 0 Å².